The Morgan fingerprint density at radius 3 is 2.76 bits per heavy atom. The molecule has 1 N–H and O–H groups in total. The molecular weight excluding hydrogens is 285 g/mol. The molecule has 1 aliphatic heterocycles. The predicted octanol–water partition coefficient (Wildman–Crippen LogP) is 2.57. The highest BCUT2D eigenvalue weighted by Crippen LogP contribution is 2.24. The Balaban J connectivity index is 1.61. The standard InChI is InChI=1S/C14H13F3N2O2/c15-14(16,17)8-21-9-6-19(7-9)13(20)11-5-18-12-4-2-1-3-10(11)12/h1-5,9,18H,6-8H2. The molecule has 1 aromatic carbocycles. The molecule has 1 aliphatic rings. The van der Waals surface area contributed by atoms with Gasteiger partial charge >= 0.3 is 6.18 Å². The second-order valence-electron chi connectivity index (χ2n) is 5.01. The van der Waals surface area contributed by atoms with Crippen LogP contribution in [0.2, 0.25) is 0 Å². The molecule has 1 amide bonds. The highest BCUT2D eigenvalue weighted by atomic mass is 19.4. The molecule has 1 saturated heterocycles. The molecular formula is C14H13F3N2O2. The van der Waals surface area contributed by atoms with Crippen LogP contribution >= 0.6 is 0 Å². The van der Waals surface area contributed by atoms with E-state index in [0.29, 0.717) is 5.56 Å². The van der Waals surface area contributed by atoms with Gasteiger partial charge in [-0.2, -0.15) is 13.2 Å². The molecule has 7 heteroatoms. The van der Waals surface area contributed by atoms with Crippen LogP contribution in [0.3, 0.4) is 0 Å². The summed E-state index contributed by atoms with van der Waals surface area (Å²) in [7, 11) is 0. The first-order valence-corrected chi connectivity index (χ1v) is 6.48. The summed E-state index contributed by atoms with van der Waals surface area (Å²) >= 11 is 0. The SMILES string of the molecule is O=C(c1c[nH]c2ccccc12)N1CC(OCC(F)(F)F)C1. The summed E-state index contributed by atoms with van der Waals surface area (Å²) in [6, 6.07) is 7.38. The lowest BCUT2D eigenvalue weighted by atomic mass is 10.1. The van der Waals surface area contributed by atoms with E-state index in [9.17, 15) is 18.0 Å². The van der Waals surface area contributed by atoms with Crippen molar-refractivity contribution in [3.8, 4) is 0 Å². The van der Waals surface area contributed by atoms with E-state index in [1.165, 1.54) is 4.90 Å². The maximum absolute atomic E-state index is 12.3. The van der Waals surface area contributed by atoms with Gasteiger partial charge in [0.05, 0.1) is 11.7 Å². The molecule has 0 unspecified atom stereocenters. The quantitative estimate of drug-likeness (QED) is 0.946. The number of alkyl halides is 3. The van der Waals surface area contributed by atoms with Gasteiger partial charge in [0.25, 0.3) is 5.91 Å². The number of carbonyl (C=O) groups excluding carboxylic acids is 1. The molecule has 21 heavy (non-hydrogen) atoms. The van der Waals surface area contributed by atoms with Gasteiger partial charge < -0.3 is 14.6 Å². The first-order chi connectivity index (χ1) is 9.94. The maximum Gasteiger partial charge on any atom is 0.411 e. The van der Waals surface area contributed by atoms with Crippen LogP contribution in [-0.4, -0.2) is 47.8 Å². The predicted molar refractivity (Wildman–Crippen MR) is 70.0 cm³/mol. The summed E-state index contributed by atoms with van der Waals surface area (Å²) in [6.07, 6.45) is -3.25. The number of hydrogen-bond donors (Lipinski definition) is 1. The number of rotatable bonds is 3. The highest BCUT2D eigenvalue weighted by Gasteiger charge is 2.36. The van der Waals surface area contributed by atoms with E-state index in [1.54, 1.807) is 6.20 Å². The van der Waals surface area contributed by atoms with Gasteiger partial charge in [-0.15, -0.1) is 0 Å². The van der Waals surface area contributed by atoms with Crippen LogP contribution in [-0.2, 0) is 4.74 Å². The smallest absolute Gasteiger partial charge is 0.365 e. The van der Waals surface area contributed by atoms with Crippen molar-refractivity contribution in [3.63, 3.8) is 0 Å². The fourth-order valence-corrected chi connectivity index (χ4v) is 2.34. The first-order valence-electron chi connectivity index (χ1n) is 6.48. The second kappa shape index (κ2) is 5.07. The Bertz CT molecular complexity index is 660. The molecule has 0 saturated carbocycles. The normalized spacial score (nSPS) is 16.2. The third kappa shape index (κ3) is 2.87. The molecule has 1 fully saturated rings. The molecule has 0 radical (unpaired) electrons. The zero-order chi connectivity index (χ0) is 15.0. The van der Waals surface area contributed by atoms with Crippen LogP contribution in [0.25, 0.3) is 10.9 Å². The topological polar surface area (TPSA) is 45.3 Å². The van der Waals surface area contributed by atoms with E-state index < -0.39 is 18.9 Å². The molecule has 2 aromatic rings. The lowest BCUT2D eigenvalue weighted by Gasteiger charge is -2.38. The van der Waals surface area contributed by atoms with Crippen molar-refractivity contribution in [2.45, 2.75) is 12.3 Å². The van der Waals surface area contributed by atoms with Crippen molar-refractivity contribution >= 4 is 16.8 Å². The lowest BCUT2D eigenvalue weighted by Crippen LogP contribution is -2.55. The Morgan fingerprint density at radius 2 is 2.05 bits per heavy atom. The summed E-state index contributed by atoms with van der Waals surface area (Å²) in [5, 5.41) is 0.808. The van der Waals surface area contributed by atoms with Gasteiger partial charge in [0, 0.05) is 30.2 Å². The van der Waals surface area contributed by atoms with E-state index >= 15 is 0 Å². The molecule has 2 heterocycles. The van der Waals surface area contributed by atoms with Gasteiger partial charge in [0.2, 0.25) is 0 Å². The number of H-pyrrole nitrogens is 1. The number of aromatic nitrogens is 1. The third-order valence-corrected chi connectivity index (χ3v) is 3.44. The number of para-hydroxylation sites is 1. The van der Waals surface area contributed by atoms with Crippen molar-refractivity contribution < 1.29 is 22.7 Å². The zero-order valence-electron chi connectivity index (χ0n) is 11.0. The molecule has 4 nitrogen and oxygen atoms in total. The highest BCUT2D eigenvalue weighted by molar-refractivity contribution is 6.06. The van der Waals surface area contributed by atoms with Crippen molar-refractivity contribution in [2.75, 3.05) is 19.7 Å². The molecule has 0 atom stereocenters. The number of nitrogens with one attached hydrogen (secondary N) is 1. The molecule has 112 valence electrons. The first kappa shape index (κ1) is 13.9. The number of amides is 1. The molecule has 0 aliphatic carbocycles. The average Bonchev–Trinajstić information content (AvgIpc) is 2.79. The molecule has 3 rings (SSSR count). The molecule has 0 spiro atoms. The summed E-state index contributed by atoms with van der Waals surface area (Å²) in [4.78, 5) is 16.8. The third-order valence-electron chi connectivity index (χ3n) is 3.44. The van der Waals surface area contributed by atoms with Crippen molar-refractivity contribution in [3.05, 3.63) is 36.0 Å². The van der Waals surface area contributed by atoms with Gasteiger partial charge in [-0.3, -0.25) is 4.79 Å². The number of carbonyl (C=O) groups is 1. The van der Waals surface area contributed by atoms with Crippen molar-refractivity contribution in [1.29, 1.82) is 0 Å². The minimum absolute atomic E-state index is 0.189. The summed E-state index contributed by atoms with van der Waals surface area (Å²) < 4.78 is 40.8. The summed E-state index contributed by atoms with van der Waals surface area (Å²) in [6.45, 7) is -0.893. The van der Waals surface area contributed by atoms with Crippen LogP contribution in [0.4, 0.5) is 13.2 Å². The Morgan fingerprint density at radius 1 is 1.33 bits per heavy atom. The monoisotopic (exact) mass is 298 g/mol. The number of ether oxygens (including phenoxy) is 1. The number of halogens is 3. The van der Waals surface area contributed by atoms with E-state index in [0.717, 1.165) is 10.9 Å². The van der Waals surface area contributed by atoms with Crippen LogP contribution in [0.5, 0.6) is 0 Å². The fourth-order valence-electron chi connectivity index (χ4n) is 2.34. The number of likely N-dealkylation sites (tertiary alicyclic amines) is 1. The van der Waals surface area contributed by atoms with Crippen molar-refractivity contribution in [1.82, 2.24) is 9.88 Å². The molecule has 0 bridgehead atoms. The van der Waals surface area contributed by atoms with Gasteiger partial charge in [-0.25, -0.2) is 0 Å². The van der Waals surface area contributed by atoms with Gasteiger partial charge in [-0.05, 0) is 6.07 Å². The Hall–Kier alpha value is -2.02. The van der Waals surface area contributed by atoms with E-state index in [4.69, 9.17) is 4.74 Å². The zero-order valence-corrected chi connectivity index (χ0v) is 11.0. The van der Waals surface area contributed by atoms with Gasteiger partial charge in [0.15, 0.2) is 0 Å². The maximum atomic E-state index is 12.3. The number of benzene rings is 1. The van der Waals surface area contributed by atoms with E-state index in [2.05, 4.69) is 4.98 Å². The van der Waals surface area contributed by atoms with Crippen LogP contribution in [0.1, 0.15) is 10.4 Å². The fraction of sp³-hybridized carbons (Fsp3) is 0.357. The largest absolute Gasteiger partial charge is 0.411 e. The Labute approximate surface area is 118 Å². The van der Waals surface area contributed by atoms with Gasteiger partial charge in [-0.1, -0.05) is 18.2 Å². The van der Waals surface area contributed by atoms with Gasteiger partial charge in [0.1, 0.15) is 6.61 Å². The minimum atomic E-state index is -4.33. The van der Waals surface area contributed by atoms with E-state index in [-0.39, 0.29) is 19.0 Å². The van der Waals surface area contributed by atoms with E-state index in [1.807, 2.05) is 24.3 Å². The number of nitrogens with zero attached hydrogens (tertiary/aromatic N) is 1. The van der Waals surface area contributed by atoms with Crippen LogP contribution < -0.4 is 0 Å². The number of fused-ring (bicyclic) bond motifs is 1. The number of hydrogen-bond acceptors (Lipinski definition) is 2. The summed E-state index contributed by atoms with van der Waals surface area (Å²) in [5.41, 5.74) is 1.38. The lowest BCUT2D eigenvalue weighted by molar-refractivity contribution is -0.196. The summed E-state index contributed by atoms with van der Waals surface area (Å²) in [5.74, 6) is -0.195. The van der Waals surface area contributed by atoms with Crippen LogP contribution in [0.15, 0.2) is 30.5 Å². The second-order valence-corrected chi connectivity index (χ2v) is 5.01. The minimum Gasteiger partial charge on any atom is -0.365 e. The van der Waals surface area contributed by atoms with Crippen molar-refractivity contribution in [2.24, 2.45) is 0 Å². The average molecular weight is 298 g/mol. The number of aromatic amines is 1. The molecule has 1 aromatic heterocycles. The van der Waals surface area contributed by atoms with Crippen LogP contribution in [0, 0.1) is 0 Å². The Kier molecular flexibility index (Phi) is 3.36.